The van der Waals surface area contributed by atoms with Crippen LogP contribution in [0, 0.1) is 0 Å². The van der Waals surface area contributed by atoms with Crippen molar-refractivity contribution in [2.45, 2.75) is 45.3 Å². The second-order valence-corrected chi connectivity index (χ2v) is 6.20. The molecule has 0 amide bonds. The van der Waals surface area contributed by atoms with Crippen molar-refractivity contribution >= 4 is 5.82 Å². The fourth-order valence-electron chi connectivity index (χ4n) is 3.30. The van der Waals surface area contributed by atoms with Gasteiger partial charge in [0.2, 0.25) is 0 Å². The molecule has 0 aliphatic carbocycles. The van der Waals surface area contributed by atoms with Gasteiger partial charge in [0.25, 0.3) is 0 Å². The van der Waals surface area contributed by atoms with E-state index in [0.717, 1.165) is 24.7 Å². The number of imidazole rings is 1. The topological polar surface area (TPSA) is 46.0 Å². The van der Waals surface area contributed by atoms with Crippen molar-refractivity contribution in [1.82, 2.24) is 19.4 Å². The summed E-state index contributed by atoms with van der Waals surface area (Å²) in [5.74, 6) is 2.10. The van der Waals surface area contributed by atoms with E-state index in [1.807, 2.05) is 19.4 Å². The Morgan fingerprint density at radius 1 is 1.32 bits per heavy atom. The molecule has 0 spiro atoms. The maximum Gasteiger partial charge on any atom is 0.125 e. The second kappa shape index (κ2) is 6.48. The minimum Gasteiger partial charge on any atom is -0.373 e. The third-order valence-corrected chi connectivity index (χ3v) is 4.44. The van der Waals surface area contributed by atoms with Gasteiger partial charge in [-0.15, -0.1) is 0 Å². The van der Waals surface area contributed by atoms with Crippen molar-refractivity contribution in [2.75, 3.05) is 18.9 Å². The summed E-state index contributed by atoms with van der Waals surface area (Å²) >= 11 is 0. The summed E-state index contributed by atoms with van der Waals surface area (Å²) in [7, 11) is 1.91. The Balaban J connectivity index is 1.79. The zero-order valence-corrected chi connectivity index (χ0v) is 13.7. The van der Waals surface area contributed by atoms with Crippen LogP contribution in [0.15, 0.2) is 30.7 Å². The summed E-state index contributed by atoms with van der Waals surface area (Å²) in [6.07, 6.45) is 8.33. The van der Waals surface area contributed by atoms with Gasteiger partial charge in [-0.2, -0.15) is 0 Å². The third kappa shape index (κ3) is 2.99. The van der Waals surface area contributed by atoms with E-state index in [9.17, 15) is 0 Å². The van der Waals surface area contributed by atoms with Crippen molar-refractivity contribution < 1.29 is 0 Å². The normalized spacial score (nSPS) is 19.0. The van der Waals surface area contributed by atoms with Crippen LogP contribution in [0.4, 0.5) is 5.82 Å². The molecule has 1 atom stereocenters. The van der Waals surface area contributed by atoms with E-state index in [-0.39, 0.29) is 0 Å². The van der Waals surface area contributed by atoms with Gasteiger partial charge in [0, 0.05) is 37.7 Å². The Kier molecular flexibility index (Phi) is 4.43. The van der Waals surface area contributed by atoms with E-state index in [0.29, 0.717) is 12.1 Å². The molecule has 0 radical (unpaired) electrons. The molecule has 1 fully saturated rings. The Morgan fingerprint density at radius 2 is 2.18 bits per heavy atom. The van der Waals surface area contributed by atoms with E-state index in [2.05, 4.69) is 56.9 Å². The molecule has 2 aromatic rings. The quantitative estimate of drug-likeness (QED) is 0.920. The molecule has 1 aliphatic heterocycles. The molecule has 1 aliphatic rings. The smallest absolute Gasteiger partial charge is 0.125 e. The highest BCUT2D eigenvalue weighted by molar-refractivity contribution is 5.38. The predicted octanol–water partition coefficient (Wildman–Crippen LogP) is 3.24. The van der Waals surface area contributed by atoms with Gasteiger partial charge in [0.05, 0.1) is 6.54 Å². The van der Waals surface area contributed by atoms with Crippen LogP contribution in [-0.4, -0.2) is 33.0 Å². The van der Waals surface area contributed by atoms with Gasteiger partial charge in [0.1, 0.15) is 11.6 Å². The fourth-order valence-corrected chi connectivity index (χ4v) is 3.30. The summed E-state index contributed by atoms with van der Waals surface area (Å²) in [6.45, 7) is 6.45. The van der Waals surface area contributed by atoms with Gasteiger partial charge in [-0.25, -0.2) is 9.97 Å². The van der Waals surface area contributed by atoms with Gasteiger partial charge in [-0.3, -0.25) is 4.90 Å². The van der Waals surface area contributed by atoms with Crippen molar-refractivity contribution in [3.8, 4) is 0 Å². The number of rotatable bonds is 5. The molecule has 0 unspecified atom stereocenters. The molecule has 5 heteroatoms. The second-order valence-electron chi connectivity index (χ2n) is 6.20. The maximum absolute atomic E-state index is 4.56. The van der Waals surface area contributed by atoms with Crippen molar-refractivity contribution in [3.05, 3.63) is 42.1 Å². The van der Waals surface area contributed by atoms with Crippen LogP contribution in [0.3, 0.4) is 0 Å². The molecule has 3 heterocycles. The molecule has 0 saturated carbocycles. The van der Waals surface area contributed by atoms with Crippen LogP contribution in [0.1, 0.15) is 50.2 Å². The van der Waals surface area contributed by atoms with Crippen molar-refractivity contribution in [2.24, 2.45) is 0 Å². The number of aromatic nitrogens is 3. The highest BCUT2D eigenvalue weighted by Gasteiger charge is 2.27. The first-order valence-electron chi connectivity index (χ1n) is 8.08. The molecule has 0 bridgehead atoms. The van der Waals surface area contributed by atoms with Crippen molar-refractivity contribution in [3.63, 3.8) is 0 Å². The number of likely N-dealkylation sites (tertiary alicyclic amines) is 1. The van der Waals surface area contributed by atoms with E-state index in [4.69, 9.17) is 0 Å². The Hall–Kier alpha value is -1.88. The molecule has 118 valence electrons. The number of pyridine rings is 1. The molecular formula is C17H25N5. The molecule has 0 aromatic carbocycles. The van der Waals surface area contributed by atoms with Crippen molar-refractivity contribution in [1.29, 1.82) is 0 Å². The van der Waals surface area contributed by atoms with Gasteiger partial charge in [-0.1, -0.05) is 0 Å². The highest BCUT2D eigenvalue weighted by Crippen LogP contribution is 2.33. The lowest BCUT2D eigenvalue weighted by Crippen LogP contribution is -2.25. The number of nitrogens with one attached hydrogen (secondary N) is 1. The molecule has 1 N–H and O–H groups in total. The fraction of sp³-hybridized carbons (Fsp3) is 0.529. The number of hydrogen-bond acceptors (Lipinski definition) is 4. The monoisotopic (exact) mass is 299 g/mol. The van der Waals surface area contributed by atoms with Gasteiger partial charge < -0.3 is 9.88 Å². The van der Waals surface area contributed by atoms with Crippen LogP contribution < -0.4 is 5.32 Å². The van der Waals surface area contributed by atoms with Crippen LogP contribution in [-0.2, 0) is 6.54 Å². The zero-order chi connectivity index (χ0) is 15.5. The first kappa shape index (κ1) is 15.0. The summed E-state index contributed by atoms with van der Waals surface area (Å²) < 4.78 is 2.26. The lowest BCUT2D eigenvalue weighted by molar-refractivity contribution is 0.237. The molecule has 3 rings (SSSR count). The summed E-state index contributed by atoms with van der Waals surface area (Å²) in [6, 6.07) is 5.22. The Morgan fingerprint density at radius 3 is 2.95 bits per heavy atom. The standard InChI is InChI=1S/C17H25N5/c1-13(2)22-10-8-20-17(22)12-21-9-4-5-15(21)14-6-7-19-16(11-14)18-3/h6-8,10-11,13,15H,4-5,9,12H2,1-3H3,(H,18,19)/t15-/m0/s1. The van der Waals surface area contributed by atoms with Gasteiger partial charge in [-0.05, 0) is 50.9 Å². The predicted molar refractivity (Wildman–Crippen MR) is 88.8 cm³/mol. The highest BCUT2D eigenvalue weighted by atomic mass is 15.2. The maximum atomic E-state index is 4.56. The largest absolute Gasteiger partial charge is 0.373 e. The van der Waals surface area contributed by atoms with Gasteiger partial charge >= 0.3 is 0 Å². The molecule has 2 aromatic heterocycles. The summed E-state index contributed by atoms with van der Waals surface area (Å²) in [5.41, 5.74) is 1.35. The molecule has 22 heavy (non-hydrogen) atoms. The minimum atomic E-state index is 0.454. The SMILES string of the molecule is CNc1cc([C@@H]2CCCN2Cc2nccn2C(C)C)ccn1. The van der Waals surface area contributed by atoms with E-state index < -0.39 is 0 Å². The van der Waals surface area contributed by atoms with E-state index in [1.54, 1.807) is 0 Å². The van der Waals surface area contributed by atoms with E-state index >= 15 is 0 Å². The Labute approximate surface area is 132 Å². The lowest BCUT2D eigenvalue weighted by atomic mass is 10.1. The van der Waals surface area contributed by atoms with Crippen LogP contribution in [0.2, 0.25) is 0 Å². The minimum absolute atomic E-state index is 0.454. The first-order valence-corrected chi connectivity index (χ1v) is 8.08. The number of anilines is 1. The molecule has 1 saturated heterocycles. The zero-order valence-electron chi connectivity index (χ0n) is 13.7. The molecular weight excluding hydrogens is 274 g/mol. The Bertz CT molecular complexity index is 619. The van der Waals surface area contributed by atoms with Crippen LogP contribution in [0.25, 0.3) is 0 Å². The number of nitrogens with zero attached hydrogens (tertiary/aromatic N) is 4. The molecule has 5 nitrogen and oxygen atoms in total. The van der Waals surface area contributed by atoms with Gasteiger partial charge in [0.15, 0.2) is 0 Å². The number of hydrogen-bond donors (Lipinski definition) is 1. The first-order chi connectivity index (χ1) is 10.7. The average molecular weight is 299 g/mol. The van der Waals surface area contributed by atoms with Crippen LogP contribution >= 0.6 is 0 Å². The van der Waals surface area contributed by atoms with Crippen LogP contribution in [0.5, 0.6) is 0 Å². The summed E-state index contributed by atoms with van der Waals surface area (Å²) in [4.78, 5) is 11.4. The average Bonchev–Trinajstić information content (AvgIpc) is 3.17. The summed E-state index contributed by atoms with van der Waals surface area (Å²) in [5, 5.41) is 3.13. The van der Waals surface area contributed by atoms with E-state index in [1.165, 1.54) is 18.4 Å². The lowest BCUT2D eigenvalue weighted by Gasteiger charge is -2.25. The third-order valence-electron chi connectivity index (χ3n) is 4.44.